The molecule has 1 saturated heterocycles. The largest absolute Gasteiger partial charge is 0.495 e. The van der Waals surface area contributed by atoms with Crippen LogP contribution in [0.1, 0.15) is 26.7 Å². The molecule has 2 rings (SSSR count). The fourth-order valence-corrected chi connectivity index (χ4v) is 2.78. The lowest BCUT2D eigenvalue weighted by Gasteiger charge is -2.35. The van der Waals surface area contributed by atoms with Crippen LogP contribution >= 0.6 is 0 Å². The maximum Gasteiger partial charge on any atom is 0.148 e. The summed E-state index contributed by atoms with van der Waals surface area (Å²) in [5.41, 5.74) is 6.66. The van der Waals surface area contributed by atoms with Crippen LogP contribution in [0.5, 0.6) is 5.75 Å². The number of anilines is 2. The van der Waals surface area contributed by atoms with Crippen LogP contribution in [0.3, 0.4) is 0 Å². The SMILES string of the molecule is COc1cc(N2CCC(C(C)C)CC2)c(F)cc1N. The second kappa shape index (κ2) is 5.68. The summed E-state index contributed by atoms with van der Waals surface area (Å²) in [6, 6.07) is 3.06. The molecule has 1 aromatic rings. The first-order valence-electron chi connectivity index (χ1n) is 6.91. The molecule has 1 aliphatic heterocycles. The molecule has 1 aliphatic rings. The molecule has 106 valence electrons. The summed E-state index contributed by atoms with van der Waals surface area (Å²) >= 11 is 0. The molecule has 0 bridgehead atoms. The van der Waals surface area contributed by atoms with E-state index in [1.165, 1.54) is 6.07 Å². The molecule has 1 aromatic carbocycles. The van der Waals surface area contributed by atoms with Crippen LogP contribution in [0, 0.1) is 17.7 Å². The number of methoxy groups -OCH3 is 1. The van der Waals surface area contributed by atoms with Gasteiger partial charge in [-0.15, -0.1) is 0 Å². The summed E-state index contributed by atoms with van der Waals surface area (Å²) in [6.07, 6.45) is 2.23. The van der Waals surface area contributed by atoms with Gasteiger partial charge in [0.25, 0.3) is 0 Å². The highest BCUT2D eigenvalue weighted by molar-refractivity contribution is 5.63. The molecule has 0 aliphatic carbocycles. The number of rotatable bonds is 3. The Bertz CT molecular complexity index is 440. The molecule has 0 amide bonds. The van der Waals surface area contributed by atoms with Crippen molar-refractivity contribution in [2.24, 2.45) is 11.8 Å². The number of hydrogen-bond donors (Lipinski definition) is 1. The van der Waals surface area contributed by atoms with Crippen LogP contribution in [0.2, 0.25) is 0 Å². The highest BCUT2D eigenvalue weighted by Gasteiger charge is 2.24. The van der Waals surface area contributed by atoms with E-state index in [0.29, 0.717) is 23.0 Å². The average molecular weight is 266 g/mol. The number of nitrogens with zero attached hydrogens (tertiary/aromatic N) is 1. The van der Waals surface area contributed by atoms with E-state index in [1.807, 2.05) is 0 Å². The van der Waals surface area contributed by atoms with E-state index in [-0.39, 0.29) is 5.82 Å². The molecular formula is C15H23FN2O. The fourth-order valence-electron chi connectivity index (χ4n) is 2.78. The van der Waals surface area contributed by atoms with E-state index < -0.39 is 0 Å². The summed E-state index contributed by atoms with van der Waals surface area (Å²) in [5.74, 6) is 1.73. The Hall–Kier alpha value is -1.45. The molecular weight excluding hydrogens is 243 g/mol. The van der Waals surface area contributed by atoms with Gasteiger partial charge in [0.05, 0.1) is 18.5 Å². The summed E-state index contributed by atoms with van der Waals surface area (Å²) in [6.45, 7) is 6.31. The van der Waals surface area contributed by atoms with Gasteiger partial charge >= 0.3 is 0 Å². The van der Waals surface area contributed by atoms with Crippen molar-refractivity contribution >= 4 is 11.4 Å². The zero-order valence-corrected chi connectivity index (χ0v) is 11.9. The molecule has 3 nitrogen and oxygen atoms in total. The predicted molar refractivity (Wildman–Crippen MR) is 77.1 cm³/mol. The Kier molecular flexibility index (Phi) is 4.17. The minimum absolute atomic E-state index is 0.263. The molecule has 0 saturated carbocycles. The molecule has 4 heteroatoms. The van der Waals surface area contributed by atoms with Gasteiger partial charge in [0.1, 0.15) is 11.6 Å². The molecule has 19 heavy (non-hydrogen) atoms. The lowest BCUT2D eigenvalue weighted by atomic mass is 9.86. The van der Waals surface area contributed by atoms with Gasteiger partial charge in [-0.05, 0) is 24.7 Å². The third-order valence-corrected chi connectivity index (χ3v) is 4.12. The van der Waals surface area contributed by atoms with Gasteiger partial charge in [0.2, 0.25) is 0 Å². The Morgan fingerprint density at radius 3 is 2.47 bits per heavy atom. The number of benzene rings is 1. The van der Waals surface area contributed by atoms with Crippen molar-refractivity contribution in [2.75, 3.05) is 30.8 Å². The van der Waals surface area contributed by atoms with Gasteiger partial charge in [0.15, 0.2) is 0 Å². The number of nitrogens with two attached hydrogens (primary N) is 1. The number of ether oxygens (including phenoxy) is 1. The maximum atomic E-state index is 14.0. The quantitative estimate of drug-likeness (QED) is 0.853. The van der Waals surface area contributed by atoms with Gasteiger partial charge < -0.3 is 15.4 Å². The first kappa shape index (κ1) is 14.0. The first-order chi connectivity index (χ1) is 9.02. The van der Waals surface area contributed by atoms with Crippen molar-refractivity contribution in [3.63, 3.8) is 0 Å². The summed E-state index contributed by atoms with van der Waals surface area (Å²) in [4.78, 5) is 2.09. The standard InChI is InChI=1S/C15H23FN2O/c1-10(2)11-4-6-18(7-5-11)14-9-15(19-3)13(17)8-12(14)16/h8-11H,4-7,17H2,1-3H3. The van der Waals surface area contributed by atoms with Crippen molar-refractivity contribution in [2.45, 2.75) is 26.7 Å². The van der Waals surface area contributed by atoms with Gasteiger partial charge in [-0.1, -0.05) is 13.8 Å². The number of halogens is 1. The average Bonchev–Trinajstić information content (AvgIpc) is 2.39. The highest BCUT2D eigenvalue weighted by atomic mass is 19.1. The second-order valence-electron chi connectivity index (χ2n) is 5.61. The molecule has 0 unspecified atom stereocenters. The third kappa shape index (κ3) is 2.94. The summed E-state index contributed by atoms with van der Waals surface area (Å²) < 4.78 is 19.2. The zero-order chi connectivity index (χ0) is 14.0. The maximum absolute atomic E-state index is 14.0. The predicted octanol–water partition coefficient (Wildman–Crippen LogP) is 3.29. The topological polar surface area (TPSA) is 38.5 Å². The van der Waals surface area contributed by atoms with Crippen LogP contribution in [0.25, 0.3) is 0 Å². The lowest BCUT2D eigenvalue weighted by molar-refractivity contribution is 0.310. The van der Waals surface area contributed by atoms with Crippen molar-refractivity contribution < 1.29 is 9.13 Å². The van der Waals surface area contributed by atoms with Crippen LogP contribution in [-0.2, 0) is 0 Å². The van der Waals surface area contributed by atoms with Crippen molar-refractivity contribution in [3.8, 4) is 5.75 Å². The van der Waals surface area contributed by atoms with Gasteiger partial charge in [-0.3, -0.25) is 0 Å². The number of piperidine rings is 1. The Labute approximate surface area is 114 Å². The Morgan fingerprint density at radius 1 is 1.32 bits per heavy atom. The van der Waals surface area contributed by atoms with E-state index in [9.17, 15) is 4.39 Å². The van der Waals surface area contributed by atoms with Crippen molar-refractivity contribution in [1.29, 1.82) is 0 Å². The number of hydrogen-bond acceptors (Lipinski definition) is 3. The molecule has 0 radical (unpaired) electrons. The molecule has 1 fully saturated rings. The van der Waals surface area contributed by atoms with E-state index >= 15 is 0 Å². The molecule has 1 heterocycles. The monoisotopic (exact) mass is 266 g/mol. The van der Waals surface area contributed by atoms with Gasteiger partial charge in [0, 0.05) is 25.2 Å². The second-order valence-corrected chi connectivity index (χ2v) is 5.61. The third-order valence-electron chi connectivity index (χ3n) is 4.12. The molecule has 0 atom stereocenters. The zero-order valence-electron chi connectivity index (χ0n) is 11.9. The van der Waals surface area contributed by atoms with Crippen molar-refractivity contribution in [3.05, 3.63) is 17.9 Å². The van der Waals surface area contributed by atoms with Gasteiger partial charge in [-0.25, -0.2) is 4.39 Å². The van der Waals surface area contributed by atoms with Crippen LogP contribution in [-0.4, -0.2) is 20.2 Å². The Morgan fingerprint density at radius 2 is 1.95 bits per heavy atom. The molecule has 0 aromatic heterocycles. The van der Waals surface area contributed by atoms with Crippen molar-refractivity contribution in [1.82, 2.24) is 0 Å². The van der Waals surface area contributed by atoms with Gasteiger partial charge in [-0.2, -0.15) is 0 Å². The normalized spacial score (nSPS) is 17.0. The molecule has 2 N–H and O–H groups in total. The summed E-state index contributed by atoms with van der Waals surface area (Å²) in [5, 5.41) is 0. The Balaban J connectivity index is 2.15. The minimum Gasteiger partial charge on any atom is -0.495 e. The van der Waals surface area contributed by atoms with E-state index in [2.05, 4.69) is 18.7 Å². The van der Waals surface area contributed by atoms with Crippen LogP contribution in [0.15, 0.2) is 12.1 Å². The summed E-state index contributed by atoms with van der Waals surface area (Å²) in [7, 11) is 1.55. The molecule has 0 spiro atoms. The van der Waals surface area contributed by atoms with Crippen LogP contribution < -0.4 is 15.4 Å². The minimum atomic E-state index is -0.263. The van der Waals surface area contributed by atoms with Crippen LogP contribution in [0.4, 0.5) is 15.8 Å². The van der Waals surface area contributed by atoms with E-state index in [4.69, 9.17) is 10.5 Å². The smallest absolute Gasteiger partial charge is 0.148 e. The highest BCUT2D eigenvalue weighted by Crippen LogP contribution is 2.34. The van der Waals surface area contributed by atoms with E-state index in [0.717, 1.165) is 31.8 Å². The van der Waals surface area contributed by atoms with E-state index in [1.54, 1.807) is 13.2 Å². The fraction of sp³-hybridized carbons (Fsp3) is 0.600. The first-order valence-corrected chi connectivity index (χ1v) is 6.91. The lowest BCUT2D eigenvalue weighted by Crippen LogP contribution is -2.35. The number of nitrogen functional groups attached to an aromatic ring is 1.